The summed E-state index contributed by atoms with van der Waals surface area (Å²) in [5.74, 6) is 1.42. The number of piperidine rings is 1. The molecule has 198 valence electrons. The predicted molar refractivity (Wildman–Crippen MR) is 150 cm³/mol. The van der Waals surface area contributed by atoms with Gasteiger partial charge in [0.2, 0.25) is 0 Å². The van der Waals surface area contributed by atoms with Gasteiger partial charge in [-0.25, -0.2) is 0 Å². The normalized spacial score (nSPS) is 16.0. The van der Waals surface area contributed by atoms with E-state index in [0.717, 1.165) is 74.6 Å². The van der Waals surface area contributed by atoms with Gasteiger partial charge in [0.15, 0.2) is 11.5 Å². The van der Waals surface area contributed by atoms with Crippen LogP contribution in [-0.2, 0) is 11.3 Å². The number of aliphatic imine (C=N–C) groups is 1. The van der Waals surface area contributed by atoms with E-state index in [-0.39, 0.29) is 5.91 Å². The van der Waals surface area contributed by atoms with Crippen molar-refractivity contribution in [2.45, 2.75) is 25.9 Å². The summed E-state index contributed by atoms with van der Waals surface area (Å²) in [7, 11) is 1.63. The maximum absolute atomic E-state index is 12.7. The molecule has 0 aliphatic carbocycles. The quantitative estimate of drug-likeness (QED) is 0.373. The van der Waals surface area contributed by atoms with Crippen LogP contribution in [0.4, 0.5) is 11.4 Å². The molecule has 3 aromatic carbocycles. The molecule has 0 aromatic heterocycles. The van der Waals surface area contributed by atoms with Crippen LogP contribution in [0.3, 0.4) is 0 Å². The average Bonchev–Trinajstić information content (AvgIpc) is 3.00. The summed E-state index contributed by atoms with van der Waals surface area (Å²) in [4.78, 5) is 21.6. The van der Waals surface area contributed by atoms with Crippen molar-refractivity contribution in [1.82, 2.24) is 4.90 Å². The van der Waals surface area contributed by atoms with Crippen LogP contribution in [0.2, 0.25) is 0 Å². The molecule has 2 aliphatic rings. The Morgan fingerprint density at radius 3 is 2.34 bits per heavy atom. The number of morpholine rings is 1. The van der Waals surface area contributed by atoms with E-state index in [1.807, 2.05) is 65.7 Å². The number of nitrogens with zero attached hydrogens (tertiary/aromatic N) is 3. The highest BCUT2D eigenvalue weighted by Crippen LogP contribution is 2.29. The van der Waals surface area contributed by atoms with Crippen LogP contribution in [0.1, 0.15) is 40.7 Å². The van der Waals surface area contributed by atoms with Crippen molar-refractivity contribution >= 4 is 23.5 Å². The van der Waals surface area contributed by atoms with Gasteiger partial charge < -0.3 is 24.0 Å². The van der Waals surface area contributed by atoms with Crippen molar-refractivity contribution in [2.24, 2.45) is 4.99 Å². The molecule has 5 rings (SSSR count). The summed E-state index contributed by atoms with van der Waals surface area (Å²) in [5.41, 5.74) is 4.73. The molecule has 38 heavy (non-hydrogen) atoms. The van der Waals surface area contributed by atoms with Crippen molar-refractivity contribution in [3.63, 3.8) is 0 Å². The minimum atomic E-state index is 0.115. The van der Waals surface area contributed by atoms with Crippen LogP contribution < -0.4 is 14.4 Å². The molecule has 7 nitrogen and oxygen atoms in total. The number of carbonyl (C=O) groups excluding carboxylic acids is 1. The molecule has 2 saturated heterocycles. The third kappa shape index (κ3) is 6.53. The zero-order valence-electron chi connectivity index (χ0n) is 22.0. The molecule has 2 fully saturated rings. The van der Waals surface area contributed by atoms with Gasteiger partial charge in [-0.15, -0.1) is 0 Å². The Kier molecular flexibility index (Phi) is 8.56. The minimum Gasteiger partial charge on any atom is -0.493 e. The highest BCUT2D eigenvalue weighted by Gasteiger charge is 2.18. The van der Waals surface area contributed by atoms with E-state index in [1.54, 1.807) is 7.11 Å². The van der Waals surface area contributed by atoms with E-state index < -0.39 is 0 Å². The van der Waals surface area contributed by atoms with E-state index >= 15 is 0 Å². The zero-order valence-corrected chi connectivity index (χ0v) is 22.0. The van der Waals surface area contributed by atoms with Crippen molar-refractivity contribution < 1.29 is 19.0 Å². The number of ether oxygens (including phenoxy) is 3. The molecule has 0 unspecified atom stereocenters. The van der Waals surface area contributed by atoms with Crippen LogP contribution in [-0.4, -0.2) is 63.5 Å². The Labute approximate surface area is 224 Å². The smallest absolute Gasteiger partial charge is 0.253 e. The summed E-state index contributed by atoms with van der Waals surface area (Å²) in [5, 5.41) is 0. The van der Waals surface area contributed by atoms with Crippen molar-refractivity contribution in [3.05, 3.63) is 83.4 Å². The van der Waals surface area contributed by atoms with Gasteiger partial charge in [0, 0.05) is 43.6 Å². The fourth-order valence-electron chi connectivity index (χ4n) is 4.79. The molecule has 0 atom stereocenters. The van der Waals surface area contributed by atoms with Crippen molar-refractivity contribution in [3.8, 4) is 11.5 Å². The number of hydrogen-bond donors (Lipinski definition) is 0. The zero-order chi connectivity index (χ0) is 26.2. The summed E-state index contributed by atoms with van der Waals surface area (Å²) in [6.45, 7) is 5.47. The summed E-state index contributed by atoms with van der Waals surface area (Å²) in [6.07, 6.45) is 5.22. The number of hydrogen-bond acceptors (Lipinski definition) is 6. The fourth-order valence-corrected chi connectivity index (χ4v) is 4.79. The largest absolute Gasteiger partial charge is 0.493 e. The first-order valence-electron chi connectivity index (χ1n) is 13.4. The lowest BCUT2D eigenvalue weighted by molar-refractivity contribution is 0.0724. The van der Waals surface area contributed by atoms with Gasteiger partial charge in [-0.1, -0.05) is 12.1 Å². The lowest BCUT2D eigenvalue weighted by Gasteiger charge is -2.28. The third-order valence-corrected chi connectivity index (χ3v) is 7.01. The molecule has 7 heteroatoms. The van der Waals surface area contributed by atoms with Gasteiger partial charge in [-0.05, 0) is 85.0 Å². The Bertz CT molecular complexity index is 1230. The molecule has 0 radical (unpaired) electrons. The molecule has 0 N–H and O–H groups in total. The van der Waals surface area contributed by atoms with Gasteiger partial charge in [-0.2, -0.15) is 0 Å². The van der Waals surface area contributed by atoms with Crippen LogP contribution in [0.5, 0.6) is 11.5 Å². The summed E-state index contributed by atoms with van der Waals surface area (Å²) >= 11 is 0. The van der Waals surface area contributed by atoms with Gasteiger partial charge in [0.1, 0.15) is 6.61 Å². The number of methoxy groups -OCH3 is 1. The molecule has 2 heterocycles. The molecule has 0 spiro atoms. The van der Waals surface area contributed by atoms with E-state index in [2.05, 4.69) is 22.0 Å². The average molecular weight is 514 g/mol. The van der Waals surface area contributed by atoms with E-state index in [4.69, 9.17) is 14.2 Å². The first-order chi connectivity index (χ1) is 18.7. The third-order valence-electron chi connectivity index (χ3n) is 7.01. The monoisotopic (exact) mass is 513 g/mol. The highest BCUT2D eigenvalue weighted by molar-refractivity contribution is 5.94. The highest BCUT2D eigenvalue weighted by atomic mass is 16.5. The Morgan fingerprint density at radius 1 is 0.895 bits per heavy atom. The van der Waals surface area contributed by atoms with Crippen LogP contribution in [0, 0.1) is 0 Å². The van der Waals surface area contributed by atoms with Crippen LogP contribution in [0.25, 0.3) is 0 Å². The van der Waals surface area contributed by atoms with E-state index in [1.165, 1.54) is 12.1 Å². The Morgan fingerprint density at radius 2 is 1.63 bits per heavy atom. The number of likely N-dealkylation sites (tertiary alicyclic amines) is 1. The Hall–Kier alpha value is -3.84. The minimum absolute atomic E-state index is 0.115. The molecule has 0 saturated carbocycles. The molecule has 0 bridgehead atoms. The van der Waals surface area contributed by atoms with Gasteiger partial charge in [0.05, 0.1) is 26.0 Å². The second kappa shape index (κ2) is 12.6. The molecule has 1 amide bonds. The number of carbonyl (C=O) groups is 1. The maximum atomic E-state index is 12.7. The molecule has 3 aromatic rings. The van der Waals surface area contributed by atoms with Crippen molar-refractivity contribution in [2.75, 3.05) is 51.4 Å². The second-order valence-corrected chi connectivity index (χ2v) is 9.62. The second-order valence-electron chi connectivity index (χ2n) is 9.62. The van der Waals surface area contributed by atoms with E-state index in [0.29, 0.717) is 18.1 Å². The van der Waals surface area contributed by atoms with Crippen molar-refractivity contribution in [1.29, 1.82) is 0 Å². The summed E-state index contributed by atoms with van der Waals surface area (Å²) in [6, 6.07) is 21.7. The Balaban J connectivity index is 1.17. The van der Waals surface area contributed by atoms with Gasteiger partial charge in [-0.3, -0.25) is 9.79 Å². The number of anilines is 1. The SMILES string of the molecule is COc1cc(C=Nc2ccc(N3CCOCC3)cc2)ccc1OCc1ccc(C(=O)N2CCCCC2)cc1. The van der Waals surface area contributed by atoms with Gasteiger partial charge in [0.25, 0.3) is 5.91 Å². The fraction of sp³-hybridized carbons (Fsp3) is 0.355. The van der Waals surface area contributed by atoms with Crippen LogP contribution in [0.15, 0.2) is 71.7 Å². The standard InChI is InChI=1S/C31H35N3O4/c1-36-30-21-25(22-32-27-10-12-28(13-11-27)33-17-19-37-20-18-33)7-14-29(30)38-23-24-5-8-26(9-6-24)31(35)34-15-3-2-4-16-34/h5-14,21-22H,2-4,15-20,23H2,1H3. The first-order valence-corrected chi connectivity index (χ1v) is 13.4. The van der Waals surface area contributed by atoms with Gasteiger partial charge >= 0.3 is 0 Å². The first kappa shape index (κ1) is 25.8. The number of rotatable bonds is 8. The van der Waals surface area contributed by atoms with Crippen LogP contribution >= 0.6 is 0 Å². The number of amides is 1. The topological polar surface area (TPSA) is 63.6 Å². The lowest BCUT2D eigenvalue weighted by Crippen LogP contribution is -2.36. The van der Waals surface area contributed by atoms with E-state index in [9.17, 15) is 4.79 Å². The number of benzene rings is 3. The summed E-state index contributed by atoms with van der Waals surface area (Å²) < 4.78 is 17.0. The molecular formula is C31H35N3O4. The predicted octanol–water partition coefficient (Wildman–Crippen LogP) is 5.49. The molecular weight excluding hydrogens is 478 g/mol. The maximum Gasteiger partial charge on any atom is 0.253 e. The molecule has 2 aliphatic heterocycles. The lowest BCUT2D eigenvalue weighted by atomic mass is 10.1.